The minimum absolute atomic E-state index is 0.0290. The maximum Gasteiger partial charge on any atom is 0.296 e. The van der Waals surface area contributed by atoms with Gasteiger partial charge in [-0.2, -0.15) is 0 Å². The van der Waals surface area contributed by atoms with Crippen LogP contribution in [0, 0.1) is 0 Å². The zero-order chi connectivity index (χ0) is 25.7. The van der Waals surface area contributed by atoms with E-state index < -0.39 is 23.5 Å². The molecule has 1 atom stereocenters. The predicted molar refractivity (Wildman–Crippen MR) is 137 cm³/mol. The van der Waals surface area contributed by atoms with Crippen LogP contribution in [0.25, 0.3) is 21.2 Å². The molecule has 0 spiro atoms. The molecule has 184 valence electrons. The molecule has 6 rings (SSSR count). The van der Waals surface area contributed by atoms with Gasteiger partial charge in [0.25, 0.3) is 5.91 Å². The van der Waals surface area contributed by atoms with Crippen molar-refractivity contribution in [3.63, 3.8) is 0 Å². The molecule has 1 aliphatic rings. The van der Waals surface area contributed by atoms with E-state index in [1.165, 1.54) is 23.3 Å². The lowest BCUT2D eigenvalue weighted by molar-refractivity contribution is -0.117. The molecule has 0 saturated carbocycles. The lowest BCUT2D eigenvalue weighted by atomic mass is 9.96. The summed E-state index contributed by atoms with van der Waals surface area (Å²) in [7, 11) is 3.08. The van der Waals surface area contributed by atoms with Crippen LogP contribution in [0.1, 0.15) is 22.2 Å². The van der Waals surface area contributed by atoms with Gasteiger partial charge < -0.3 is 19.0 Å². The summed E-state index contributed by atoms with van der Waals surface area (Å²) in [5, 5.41) is 12.0. The lowest BCUT2D eigenvalue weighted by Crippen LogP contribution is -2.31. The van der Waals surface area contributed by atoms with Crippen molar-refractivity contribution in [1.29, 1.82) is 0 Å². The van der Waals surface area contributed by atoms with Crippen LogP contribution in [0.2, 0.25) is 0 Å². The van der Waals surface area contributed by atoms with E-state index in [1.54, 1.807) is 68.0 Å². The van der Waals surface area contributed by atoms with E-state index in [1.807, 2.05) is 6.07 Å². The normalized spacial score (nSPS) is 15.7. The molecule has 0 radical (unpaired) electrons. The highest BCUT2D eigenvalue weighted by Crippen LogP contribution is 2.45. The number of pyridine rings is 1. The number of ketones is 1. The van der Waals surface area contributed by atoms with Crippen LogP contribution in [0.5, 0.6) is 11.5 Å². The zero-order valence-electron chi connectivity index (χ0n) is 19.7. The van der Waals surface area contributed by atoms with Gasteiger partial charge in [-0.05, 0) is 42.0 Å². The van der Waals surface area contributed by atoms with Crippen LogP contribution in [-0.4, -0.2) is 41.0 Å². The molecule has 1 aliphatic heterocycles. The number of aromatic nitrogens is 2. The van der Waals surface area contributed by atoms with Crippen LogP contribution in [-0.2, 0) is 4.79 Å². The number of carbonyl (C=O) groups excluding carboxylic acids is 2. The zero-order valence-corrected chi connectivity index (χ0v) is 20.5. The number of methoxy groups -OCH3 is 2. The fraction of sp³-hybridized carbons (Fsp3) is 0.111. The highest BCUT2D eigenvalue weighted by Gasteiger charge is 2.46. The van der Waals surface area contributed by atoms with E-state index in [-0.39, 0.29) is 11.3 Å². The molecule has 37 heavy (non-hydrogen) atoms. The summed E-state index contributed by atoms with van der Waals surface area (Å²) in [5.41, 5.74) is 1.47. The Hall–Kier alpha value is -4.70. The second-order valence-corrected chi connectivity index (χ2v) is 9.28. The Morgan fingerprint density at radius 2 is 1.97 bits per heavy atom. The van der Waals surface area contributed by atoms with Gasteiger partial charge in [0.2, 0.25) is 5.78 Å². The number of anilines is 1. The number of furan rings is 1. The number of hydrogen-bond donors (Lipinski definition) is 1. The Bertz CT molecular complexity index is 1720. The Labute approximate surface area is 214 Å². The summed E-state index contributed by atoms with van der Waals surface area (Å²) < 4.78 is 17.3. The minimum Gasteiger partial charge on any atom is -0.503 e. The lowest BCUT2D eigenvalue weighted by Gasteiger charge is -2.23. The van der Waals surface area contributed by atoms with Crippen LogP contribution < -0.4 is 14.4 Å². The van der Waals surface area contributed by atoms with Gasteiger partial charge in [-0.25, -0.2) is 4.98 Å². The molecule has 0 aliphatic carbocycles. The van der Waals surface area contributed by atoms with Crippen LogP contribution in [0.4, 0.5) is 5.13 Å². The number of benzene rings is 2. The standard InChI is InChI=1S/C27H19N3O6S/c1-34-16-8-9-17-20(12-16)37-27(29-17)30-22(15-6-4-10-28-13-15)21(24(32)26(30)33)23(31)19-11-14-5-3-7-18(35-2)25(14)36-19/h3-13,22,32H,1-2H3. The first kappa shape index (κ1) is 22.7. The van der Waals surface area contributed by atoms with Gasteiger partial charge in [-0.1, -0.05) is 29.5 Å². The molecule has 5 aromatic rings. The number of ether oxygens (including phenoxy) is 2. The highest BCUT2D eigenvalue weighted by molar-refractivity contribution is 7.22. The second kappa shape index (κ2) is 8.75. The monoisotopic (exact) mass is 513 g/mol. The van der Waals surface area contributed by atoms with Crippen LogP contribution in [0.15, 0.2) is 82.7 Å². The van der Waals surface area contributed by atoms with Crippen molar-refractivity contribution in [2.45, 2.75) is 6.04 Å². The molecule has 0 saturated heterocycles. The number of carbonyl (C=O) groups is 2. The number of fused-ring (bicyclic) bond motifs is 2. The number of aliphatic hydroxyl groups is 1. The maximum atomic E-state index is 13.8. The molecule has 3 aromatic heterocycles. The fourth-order valence-corrected chi connectivity index (χ4v) is 5.47. The number of rotatable bonds is 6. The molecule has 1 N–H and O–H groups in total. The van der Waals surface area contributed by atoms with Gasteiger partial charge in [0.1, 0.15) is 5.75 Å². The highest BCUT2D eigenvalue weighted by atomic mass is 32.1. The number of hydrogen-bond acceptors (Lipinski definition) is 9. The molecular weight excluding hydrogens is 494 g/mol. The fourth-order valence-electron chi connectivity index (χ4n) is 4.45. The Morgan fingerprint density at radius 3 is 2.73 bits per heavy atom. The maximum absolute atomic E-state index is 13.8. The van der Waals surface area contributed by atoms with Gasteiger partial charge in [-0.15, -0.1) is 0 Å². The average Bonchev–Trinajstić information content (AvgIpc) is 3.62. The number of nitrogens with zero attached hydrogens (tertiary/aromatic N) is 3. The molecule has 10 heteroatoms. The third kappa shape index (κ3) is 3.61. The minimum atomic E-state index is -0.966. The Balaban J connectivity index is 1.49. The van der Waals surface area contributed by atoms with Gasteiger partial charge >= 0.3 is 0 Å². The van der Waals surface area contributed by atoms with E-state index in [0.29, 0.717) is 38.7 Å². The first-order valence-corrected chi connectivity index (χ1v) is 12.0. The molecule has 1 unspecified atom stereocenters. The van der Waals surface area contributed by atoms with E-state index >= 15 is 0 Å². The summed E-state index contributed by atoms with van der Waals surface area (Å²) in [6.45, 7) is 0. The Kier molecular flexibility index (Phi) is 5.38. The van der Waals surface area contributed by atoms with Crippen molar-refractivity contribution < 1.29 is 28.6 Å². The SMILES string of the molecule is COc1ccc2nc(N3C(=O)C(O)=C(C(=O)c4cc5cccc(OC)c5o4)C3c3cccnc3)sc2c1. The second-order valence-electron chi connectivity index (χ2n) is 8.27. The number of aliphatic hydroxyl groups excluding tert-OH is 1. The van der Waals surface area contributed by atoms with Crippen molar-refractivity contribution in [2.24, 2.45) is 0 Å². The smallest absolute Gasteiger partial charge is 0.296 e. The summed E-state index contributed by atoms with van der Waals surface area (Å²) in [6, 6.07) is 14.7. The first-order chi connectivity index (χ1) is 18.0. The predicted octanol–water partition coefficient (Wildman–Crippen LogP) is 5.24. The van der Waals surface area contributed by atoms with E-state index in [0.717, 1.165) is 4.70 Å². The molecule has 2 aromatic carbocycles. The van der Waals surface area contributed by atoms with Gasteiger partial charge in [0, 0.05) is 17.8 Å². The van der Waals surface area contributed by atoms with Crippen molar-refractivity contribution in [2.75, 3.05) is 19.1 Å². The van der Waals surface area contributed by atoms with Crippen molar-refractivity contribution in [3.8, 4) is 11.5 Å². The topological polar surface area (TPSA) is 115 Å². The van der Waals surface area contributed by atoms with E-state index in [4.69, 9.17) is 13.9 Å². The van der Waals surface area contributed by atoms with Gasteiger partial charge in [0.15, 0.2) is 28.0 Å². The quantitative estimate of drug-likeness (QED) is 0.307. The van der Waals surface area contributed by atoms with Crippen molar-refractivity contribution in [1.82, 2.24) is 9.97 Å². The van der Waals surface area contributed by atoms with Crippen molar-refractivity contribution >= 4 is 49.3 Å². The summed E-state index contributed by atoms with van der Waals surface area (Å²) in [5.74, 6) is -0.939. The Morgan fingerprint density at radius 1 is 1.11 bits per heavy atom. The molecule has 1 amide bonds. The number of Topliss-reactive ketones (excluding diaryl/α,β-unsaturated/α-hetero) is 1. The number of para-hydroxylation sites is 1. The first-order valence-electron chi connectivity index (χ1n) is 11.2. The van der Waals surface area contributed by atoms with Gasteiger partial charge in [0.05, 0.1) is 36.1 Å². The third-order valence-corrected chi connectivity index (χ3v) is 7.21. The molecule has 0 bridgehead atoms. The largest absolute Gasteiger partial charge is 0.503 e. The van der Waals surface area contributed by atoms with Crippen LogP contribution >= 0.6 is 11.3 Å². The van der Waals surface area contributed by atoms with E-state index in [2.05, 4.69) is 9.97 Å². The molecule has 9 nitrogen and oxygen atoms in total. The molecule has 0 fully saturated rings. The summed E-state index contributed by atoms with van der Waals surface area (Å²) >= 11 is 1.25. The van der Waals surface area contributed by atoms with E-state index in [9.17, 15) is 14.7 Å². The number of thiazole rings is 1. The summed E-state index contributed by atoms with van der Waals surface area (Å²) in [6.07, 6.45) is 3.14. The summed E-state index contributed by atoms with van der Waals surface area (Å²) in [4.78, 5) is 37.4. The third-order valence-electron chi connectivity index (χ3n) is 6.19. The van der Waals surface area contributed by atoms with Gasteiger partial charge in [-0.3, -0.25) is 19.5 Å². The average molecular weight is 514 g/mol. The number of amides is 1. The molecular formula is C27H19N3O6S. The van der Waals surface area contributed by atoms with Crippen LogP contribution in [0.3, 0.4) is 0 Å². The van der Waals surface area contributed by atoms with Crippen molar-refractivity contribution in [3.05, 3.63) is 89.6 Å². The molecule has 4 heterocycles.